The van der Waals surface area contributed by atoms with Crippen molar-refractivity contribution in [2.45, 2.75) is 13.8 Å². The number of amides is 1. The predicted molar refractivity (Wildman–Crippen MR) is 107 cm³/mol. The van der Waals surface area contributed by atoms with Gasteiger partial charge in [0.1, 0.15) is 11.6 Å². The lowest BCUT2D eigenvalue weighted by Gasteiger charge is -2.13. The maximum absolute atomic E-state index is 12.4. The molecule has 1 amide bonds. The van der Waals surface area contributed by atoms with E-state index in [0.29, 0.717) is 46.0 Å². The Morgan fingerprint density at radius 2 is 1.74 bits per heavy atom. The van der Waals surface area contributed by atoms with Gasteiger partial charge in [0.2, 0.25) is 0 Å². The van der Waals surface area contributed by atoms with Gasteiger partial charge < -0.3 is 14.8 Å². The number of benzene rings is 2. The highest BCUT2D eigenvalue weighted by Gasteiger charge is 2.15. The Kier molecular flexibility index (Phi) is 7.54. The SMILES string of the molecule is CCOc1cc(Cl)c(/C=C(\C#N)C(=O)Nc2ccccc2Cl)cc1OCC. The predicted octanol–water partition coefficient (Wildman–Crippen LogP) is 5.34. The molecule has 2 aromatic carbocycles. The van der Waals surface area contributed by atoms with Gasteiger partial charge in [-0.2, -0.15) is 5.26 Å². The minimum absolute atomic E-state index is 0.122. The molecule has 0 radical (unpaired) electrons. The zero-order valence-corrected chi connectivity index (χ0v) is 16.4. The molecule has 0 saturated heterocycles. The Labute approximate surface area is 168 Å². The monoisotopic (exact) mass is 404 g/mol. The number of carbonyl (C=O) groups excluding carboxylic acids is 1. The second-order valence-electron chi connectivity index (χ2n) is 5.29. The average Bonchev–Trinajstić information content (AvgIpc) is 2.65. The highest BCUT2D eigenvalue weighted by Crippen LogP contribution is 2.35. The normalized spacial score (nSPS) is 10.9. The molecule has 2 rings (SSSR count). The Balaban J connectivity index is 2.36. The van der Waals surface area contributed by atoms with Crippen LogP contribution in [0.2, 0.25) is 10.0 Å². The molecule has 2 aromatic rings. The minimum Gasteiger partial charge on any atom is -0.490 e. The number of nitrogens with zero attached hydrogens (tertiary/aromatic N) is 1. The zero-order chi connectivity index (χ0) is 19.8. The smallest absolute Gasteiger partial charge is 0.266 e. The van der Waals surface area contributed by atoms with Crippen molar-refractivity contribution in [3.63, 3.8) is 0 Å². The third kappa shape index (κ3) is 5.40. The van der Waals surface area contributed by atoms with E-state index in [1.165, 1.54) is 6.08 Å². The number of para-hydroxylation sites is 1. The Bertz CT molecular complexity index is 905. The summed E-state index contributed by atoms with van der Waals surface area (Å²) in [6.07, 6.45) is 1.40. The molecule has 0 saturated carbocycles. The van der Waals surface area contributed by atoms with Crippen LogP contribution in [0.15, 0.2) is 42.0 Å². The molecule has 0 heterocycles. The lowest BCUT2D eigenvalue weighted by Crippen LogP contribution is -2.13. The number of ether oxygens (including phenoxy) is 2. The average molecular weight is 405 g/mol. The number of nitriles is 1. The van der Waals surface area contributed by atoms with Crippen LogP contribution in [0.1, 0.15) is 19.4 Å². The summed E-state index contributed by atoms with van der Waals surface area (Å²) in [5.74, 6) is 0.396. The number of carbonyl (C=O) groups is 1. The number of rotatable bonds is 7. The largest absolute Gasteiger partial charge is 0.490 e. The van der Waals surface area contributed by atoms with Crippen molar-refractivity contribution in [1.82, 2.24) is 0 Å². The first-order valence-electron chi connectivity index (χ1n) is 8.26. The van der Waals surface area contributed by atoms with Crippen LogP contribution in [0, 0.1) is 11.3 Å². The van der Waals surface area contributed by atoms with Gasteiger partial charge in [0.05, 0.1) is 28.9 Å². The van der Waals surface area contributed by atoms with Crippen LogP contribution in [0.25, 0.3) is 6.08 Å². The summed E-state index contributed by atoms with van der Waals surface area (Å²) in [4.78, 5) is 12.4. The maximum Gasteiger partial charge on any atom is 0.266 e. The van der Waals surface area contributed by atoms with Crippen molar-refractivity contribution >= 4 is 40.9 Å². The van der Waals surface area contributed by atoms with E-state index < -0.39 is 5.91 Å². The van der Waals surface area contributed by atoms with Crippen molar-refractivity contribution in [1.29, 1.82) is 5.26 Å². The van der Waals surface area contributed by atoms with Gasteiger partial charge in [0, 0.05) is 6.07 Å². The number of anilines is 1. The molecule has 0 aliphatic carbocycles. The summed E-state index contributed by atoms with van der Waals surface area (Å²) in [5.41, 5.74) is 0.760. The summed E-state index contributed by atoms with van der Waals surface area (Å²) in [6.45, 7) is 4.58. The lowest BCUT2D eigenvalue weighted by molar-refractivity contribution is -0.112. The van der Waals surface area contributed by atoms with Crippen LogP contribution >= 0.6 is 23.2 Å². The number of hydrogen-bond donors (Lipinski definition) is 1. The van der Waals surface area contributed by atoms with Crippen LogP contribution in [0.3, 0.4) is 0 Å². The summed E-state index contributed by atoms with van der Waals surface area (Å²) >= 11 is 12.3. The molecule has 1 N–H and O–H groups in total. The van der Waals surface area contributed by atoms with Crippen LogP contribution < -0.4 is 14.8 Å². The van der Waals surface area contributed by atoms with Gasteiger partial charge in [-0.1, -0.05) is 35.3 Å². The van der Waals surface area contributed by atoms with Crippen molar-refractivity contribution in [2.75, 3.05) is 18.5 Å². The molecule has 0 aromatic heterocycles. The fourth-order valence-electron chi connectivity index (χ4n) is 2.25. The minimum atomic E-state index is -0.589. The molecule has 0 aliphatic heterocycles. The van der Waals surface area contributed by atoms with E-state index in [0.717, 1.165) is 0 Å². The highest BCUT2D eigenvalue weighted by molar-refractivity contribution is 6.34. The molecule has 0 fully saturated rings. The first-order chi connectivity index (χ1) is 13.0. The van der Waals surface area contributed by atoms with Crippen molar-refractivity contribution in [2.24, 2.45) is 0 Å². The molecule has 0 spiro atoms. The van der Waals surface area contributed by atoms with Crippen LogP contribution in [-0.4, -0.2) is 19.1 Å². The Morgan fingerprint density at radius 3 is 2.33 bits per heavy atom. The fourth-order valence-corrected chi connectivity index (χ4v) is 2.65. The second kappa shape index (κ2) is 9.86. The maximum atomic E-state index is 12.4. The van der Waals surface area contributed by atoms with Gasteiger partial charge in [-0.15, -0.1) is 0 Å². The summed E-state index contributed by atoms with van der Waals surface area (Å²) in [6, 6.07) is 11.9. The van der Waals surface area contributed by atoms with Gasteiger partial charge in [0.25, 0.3) is 5.91 Å². The van der Waals surface area contributed by atoms with Gasteiger partial charge >= 0.3 is 0 Å². The molecule has 7 heteroatoms. The first-order valence-corrected chi connectivity index (χ1v) is 9.02. The standard InChI is InChI=1S/C20H18Cl2N2O3/c1-3-26-18-10-13(16(22)11-19(18)27-4-2)9-14(12-23)20(25)24-17-8-6-5-7-15(17)21/h5-11H,3-4H2,1-2H3,(H,24,25)/b14-9+. The van der Waals surface area contributed by atoms with E-state index in [2.05, 4.69) is 5.32 Å². The summed E-state index contributed by atoms with van der Waals surface area (Å²) < 4.78 is 11.1. The lowest BCUT2D eigenvalue weighted by atomic mass is 10.1. The topological polar surface area (TPSA) is 71.3 Å². The molecule has 140 valence electrons. The molecule has 0 atom stereocenters. The van der Waals surface area contributed by atoms with E-state index in [-0.39, 0.29) is 5.57 Å². The Hall–Kier alpha value is -2.68. The third-order valence-corrected chi connectivity index (χ3v) is 4.11. The highest BCUT2D eigenvalue weighted by atomic mass is 35.5. The number of halogens is 2. The van der Waals surface area contributed by atoms with Crippen molar-refractivity contribution in [3.8, 4) is 17.6 Å². The molecule has 0 bridgehead atoms. The summed E-state index contributed by atoms with van der Waals surface area (Å²) in [7, 11) is 0. The number of nitrogens with one attached hydrogen (secondary N) is 1. The van der Waals surface area contributed by atoms with Gasteiger partial charge in [-0.05, 0) is 43.7 Å². The second-order valence-corrected chi connectivity index (χ2v) is 6.10. The third-order valence-electron chi connectivity index (χ3n) is 3.45. The molecular formula is C20H18Cl2N2O3. The van der Waals surface area contributed by atoms with Crippen LogP contribution in [0.5, 0.6) is 11.5 Å². The molecular weight excluding hydrogens is 387 g/mol. The van der Waals surface area contributed by atoms with Crippen LogP contribution in [-0.2, 0) is 4.79 Å². The van der Waals surface area contributed by atoms with E-state index in [4.69, 9.17) is 32.7 Å². The van der Waals surface area contributed by atoms with Gasteiger partial charge in [0.15, 0.2) is 11.5 Å². The van der Waals surface area contributed by atoms with Crippen LogP contribution in [0.4, 0.5) is 5.69 Å². The van der Waals surface area contributed by atoms with E-state index in [9.17, 15) is 10.1 Å². The van der Waals surface area contributed by atoms with Gasteiger partial charge in [-0.3, -0.25) is 4.79 Å². The van der Waals surface area contributed by atoms with E-state index in [1.807, 2.05) is 19.9 Å². The Morgan fingerprint density at radius 1 is 1.11 bits per heavy atom. The van der Waals surface area contributed by atoms with Crippen molar-refractivity contribution in [3.05, 3.63) is 57.6 Å². The number of hydrogen-bond acceptors (Lipinski definition) is 4. The molecule has 5 nitrogen and oxygen atoms in total. The first kappa shape index (κ1) is 20.6. The van der Waals surface area contributed by atoms with Gasteiger partial charge in [-0.25, -0.2) is 0 Å². The quantitative estimate of drug-likeness (QED) is 0.499. The summed E-state index contributed by atoms with van der Waals surface area (Å²) in [5, 5.41) is 12.7. The molecule has 27 heavy (non-hydrogen) atoms. The molecule has 0 aliphatic rings. The molecule has 0 unspecified atom stereocenters. The zero-order valence-electron chi connectivity index (χ0n) is 14.9. The fraction of sp³-hybridized carbons (Fsp3) is 0.200. The van der Waals surface area contributed by atoms with Crippen molar-refractivity contribution < 1.29 is 14.3 Å². The van der Waals surface area contributed by atoms with E-state index in [1.54, 1.807) is 36.4 Å². The van der Waals surface area contributed by atoms with E-state index >= 15 is 0 Å².